The Hall–Kier alpha value is -0.0800. The van der Waals surface area contributed by atoms with Gasteiger partial charge in [0.05, 0.1) is 5.60 Å². The van der Waals surface area contributed by atoms with Crippen LogP contribution in [0.1, 0.15) is 78.1 Å². The third-order valence-electron chi connectivity index (χ3n) is 6.30. The van der Waals surface area contributed by atoms with Crippen molar-refractivity contribution in [3.05, 3.63) is 0 Å². The molecular weight excluding hydrogens is 246 g/mol. The molecule has 2 aliphatic carbocycles. The van der Waals surface area contributed by atoms with E-state index in [9.17, 15) is 0 Å². The average molecular weight is 279 g/mol. The maximum atomic E-state index is 6.94. The van der Waals surface area contributed by atoms with E-state index >= 15 is 0 Å². The normalized spacial score (nSPS) is 40.8. The summed E-state index contributed by atoms with van der Waals surface area (Å²) < 4.78 is 6.10. The van der Waals surface area contributed by atoms with E-state index in [1.807, 2.05) is 0 Å². The first-order valence-electron chi connectivity index (χ1n) is 8.94. The minimum atomic E-state index is 0.115. The van der Waals surface area contributed by atoms with E-state index in [1.165, 1.54) is 64.2 Å². The van der Waals surface area contributed by atoms with Gasteiger partial charge in [-0.25, -0.2) is 0 Å². The first-order chi connectivity index (χ1) is 9.51. The Morgan fingerprint density at radius 3 is 2.55 bits per heavy atom. The smallest absolute Gasteiger partial charge is 0.0686 e. The van der Waals surface area contributed by atoms with Crippen LogP contribution in [-0.4, -0.2) is 17.7 Å². The molecule has 3 atom stereocenters. The van der Waals surface area contributed by atoms with Crippen LogP contribution >= 0.6 is 0 Å². The van der Waals surface area contributed by atoms with E-state index in [-0.39, 0.29) is 11.1 Å². The largest absolute Gasteiger partial charge is 0.375 e. The van der Waals surface area contributed by atoms with Crippen LogP contribution in [0, 0.1) is 17.8 Å². The minimum Gasteiger partial charge on any atom is -0.375 e. The highest BCUT2D eigenvalue weighted by Crippen LogP contribution is 2.49. The Labute approximate surface area is 124 Å². The van der Waals surface area contributed by atoms with Gasteiger partial charge in [0.25, 0.3) is 0 Å². The van der Waals surface area contributed by atoms with Crippen molar-refractivity contribution in [1.29, 1.82) is 0 Å². The molecule has 2 N–H and O–H groups in total. The van der Waals surface area contributed by atoms with Gasteiger partial charge < -0.3 is 10.5 Å². The molecule has 1 spiro atoms. The van der Waals surface area contributed by atoms with E-state index in [0.717, 1.165) is 18.4 Å². The first-order valence-corrected chi connectivity index (χ1v) is 8.94. The number of nitrogens with two attached hydrogens (primary N) is 1. The summed E-state index contributed by atoms with van der Waals surface area (Å²) in [6.45, 7) is 5.66. The lowest BCUT2D eigenvalue weighted by Crippen LogP contribution is -2.57. The summed E-state index contributed by atoms with van der Waals surface area (Å²) in [4.78, 5) is 0. The minimum absolute atomic E-state index is 0.115. The van der Waals surface area contributed by atoms with Gasteiger partial charge in [0, 0.05) is 12.1 Å². The van der Waals surface area contributed by atoms with Crippen molar-refractivity contribution in [3.8, 4) is 0 Å². The van der Waals surface area contributed by atoms with Gasteiger partial charge in [0.2, 0.25) is 0 Å². The van der Waals surface area contributed by atoms with E-state index in [2.05, 4.69) is 13.8 Å². The summed E-state index contributed by atoms with van der Waals surface area (Å²) >= 11 is 0. The maximum Gasteiger partial charge on any atom is 0.0686 e. The fourth-order valence-corrected chi connectivity index (χ4v) is 5.14. The molecule has 0 amide bonds. The summed E-state index contributed by atoms with van der Waals surface area (Å²) in [5, 5.41) is 0. The Morgan fingerprint density at radius 2 is 1.90 bits per heavy atom. The summed E-state index contributed by atoms with van der Waals surface area (Å²) in [7, 11) is 0. The molecule has 1 saturated heterocycles. The Bertz CT molecular complexity index is 336. The Morgan fingerprint density at radius 1 is 1.10 bits per heavy atom. The van der Waals surface area contributed by atoms with Gasteiger partial charge in [-0.05, 0) is 69.1 Å². The van der Waals surface area contributed by atoms with Gasteiger partial charge in [0.1, 0.15) is 0 Å². The molecule has 20 heavy (non-hydrogen) atoms. The lowest BCUT2D eigenvalue weighted by molar-refractivity contribution is -0.155. The summed E-state index contributed by atoms with van der Waals surface area (Å²) in [5.74, 6) is 2.40. The lowest BCUT2D eigenvalue weighted by Gasteiger charge is -2.53. The second kappa shape index (κ2) is 5.61. The molecule has 3 rings (SSSR count). The molecular formula is C18H33NO. The fourth-order valence-electron chi connectivity index (χ4n) is 5.14. The van der Waals surface area contributed by atoms with Crippen LogP contribution in [0.2, 0.25) is 0 Å². The van der Waals surface area contributed by atoms with E-state index in [0.29, 0.717) is 5.92 Å². The molecule has 0 aromatic heterocycles. The second-order valence-corrected chi connectivity index (χ2v) is 8.40. The van der Waals surface area contributed by atoms with Crippen LogP contribution in [0.3, 0.4) is 0 Å². The lowest BCUT2D eigenvalue weighted by atomic mass is 9.61. The van der Waals surface area contributed by atoms with Crippen LogP contribution in [0.25, 0.3) is 0 Å². The zero-order valence-corrected chi connectivity index (χ0v) is 13.5. The average Bonchev–Trinajstić information content (AvgIpc) is 2.36. The number of hydrogen-bond donors (Lipinski definition) is 1. The van der Waals surface area contributed by atoms with Crippen molar-refractivity contribution in [3.63, 3.8) is 0 Å². The van der Waals surface area contributed by atoms with Crippen molar-refractivity contribution >= 4 is 0 Å². The van der Waals surface area contributed by atoms with Gasteiger partial charge in [-0.1, -0.05) is 26.7 Å². The summed E-state index contributed by atoms with van der Waals surface area (Å²) in [5.41, 5.74) is 7.31. The predicted molar refractivity (Wildman–Crippen MR) is 83.6 cm³/mol. The SMILES string of the molecule is CC(C)CC1CCCC(N)(C2CCOC3(CCC3)C2)C1. The highest BCUT2D eigenvalue weighted by molar-refractivity contribution is 5.03. The maximum absolute atomic E-state index is 6.94. The molecule has 2 heteroatoms. The fraction of sp³-hybridized carbons (Fsp3) is 1.00. The molecule has 2 saturated carbocycles. The van der Waals surface area contributed by atoms with Crippen molar-refractivity contribution in [2.45, 2.75) is 89.2 Å². The molecule has 3 unspecified atom stereocenters. The number of hydrogen-bond acceptors (Lipinski definition) is 2. The molecule has 3 aliphatic rings. The van der Waals surface area contributed by atoms with E-state index in [4.69, 9.17) is 10.5 Å². The van der Waals surface area contributed by atoms with Gasteiger partial charge in [-0.2, -0.15) is 0 Å². The van der Waals surface area contributed by atoms with Gasteiger partial charge in [-0.3, -0.25) is 0 Å². The zero-order valence-electron chi connectivity index (χ0n) is 13.5. The van der Waals surface area contributed by atoms with Crippen molar-refractivity contribution in [1.82, 2.24) is 0 Å². The zero-order chi connectivity index (χ0) is 14.2. The third-order valence-corrected chi connectivity index (χ3v) is 6.30. The molecule has 0 radical (unpaired) electrons. The predicted octanol–water partition coefficient (Wildman–Crippen LogP) is 4.27. The van der Waals surface area contributed by atoms with Crippen LogP contribution in [-0.2, 0) is 4.74 Å². The Kier molecular flexibility index (Phi) is 4.16. The Balaban J connectivity index is 1.64. The molecule has 116 valence electrons. The summed E-state index contributed by atoms with van der Waals surface area (Å²) in [6.07, 6.45) is 13.0. The number of ether oxygens (including phenoxy) is 1. The van der Waals surface area contributed by atoms with Gasteiger partial charge in [-0.15, -0.1) is 0 Å². The molecule has 1 aliphatic heterocycles. The molecule has 0 aromatic carbocycles. The molecule has 1 heterocycles. The molecule has 0 bridgehead atoms. The first kappa shape index (κ1) is 14.8. The van der Waals surface area contributed by atoms with E-state index in [1.54, 1.807) is 0 Å². The summed E-state index contributed by atoms with van der Waals surface area (Å²) in [6, 6.07) is 0. The van der Waals surface area contributed by atoms with Crippen LogP contribution in [0.15, 0.2) is 0 Å². The van der Waals surface area contributed by atoms with Crippen molar-refractivity contribution in [2.75, 3.05) is 6.61 Å². The third kappa shape index (κ3) is 2.92. The molecule has 0 aromatic rings. The van der Waals surface area contributed by atoms with Crippen LogP contribution < -0.4 is 5.73 Å². The van der Waals surface area contributed by atoms with Crippen molar-refractivity contribution < 1.29 is 4.74 Å². The number of rotatable bonds is 3. The monoisotopic (exact) mass is 279 g/mol. The molecule has 2 nitrogen and oxygen atoms in total. The van der Waals surface area contributed by atoms with Crippen molar-refractivity contribution in [2.24, 2.45) is 23.5 Å². The van der Waals surface area contributed by atoms with Crippen LogP contribution in [0.5, 0.6) is 0 Å². The van der Waals surface area contributed by atoms with Crippen LogP contribution in [0.4, 0.5) is 0 Å². The van der Waals surface area contributed by atoms with E-state index < -0.39 is 0 Å². The standard InChI is InChI=1S/C18H33NO/c1-14(2)11-15-5-3-9-18(19,12-15)16-6-10-20-17(13-16)7-4-8-17/h14-16H,3-13,19H2,1-2H3. The highest BCUT2D eigenvalue weighted by Gasteiger charge is 2.48. The van der Waals surface area contributed by atoms with Gasteiger partial charge >= 0.3 is 0 Å². The quantitative estimate of drug-likeness (QED) is 0.837. The second-order valence-electron chi connectivity index (χ2n) is 8.40. The highest BCUT2D eigenvalue weighted by atomic mass is 16.5. The van der Waals surface area contributed by atoms with Gasteiger partial charge in [0.15, 0.2) is 0 Å². The topological polar surface area (TPSA) is 35.2 Å². The molecule has 3 fully saturated rings.